The number of aromatic nitrogens is 3. The van der Waals surface area contributed by atoms with Gasteiger partial charge in [-0.2, -0.15) is 0 Å². The van der Waals surface area contributed by atoms with Crippen LogP contribution in [-0.4, -0.2) is 53.7 Å². The molecule has 1 aliphatic rings. The minimum atomic E-state index is 0.00663. The van der Waals surface area contributed by atoms with Crippen LogP contribution in [-0.2, 0) is 11.2 Å². The molecule has 0 aliphatic carbocycles. The van der Waals surface area contributed by atoms with Crippen LogP contribution >= 0.6 is 0 Å². The first-order valence-corrected chi connectivity index (χ1v) is 8.80. The van der Waals surface area contributed by atoms with Crippen molar-refractivity contribution in [3.63, 3.8) is 0 Å². The summed E-state index contributed by atoms with van der Waals surface area (Å²) in [4.78, 5) is 25.7. The molecule has 0 spiro atoms. The molecule has 140 valence electrons. The number of hydrogen-bond donors (Lipinski definition) is 0. The van der Waals surface area contributed by atoms with E-state index in [0.717, 1.165) is 36.7 Å². The van der Waals surface area contributed by atoms with Crippen molar-refractivity contribution in [2.24, 2.45) is 0 Å². The Labute approximate surface area is 153 Å². The van der Waals surface area contributed by atoms with Crippen molar-refractivity contribution < 1.29 is 14.1 Å². The molecule has 1 fully saturated rings. The molecule has 0 radical (unpaired) electrons. The van der Waals surface area contributed by atoms with Gasteiger partial charge in [0.1, 0.15) is 17.4 Å². The van der Waals surface area contributed by atoms with Gasteiger partial charge in [-0.15, -0.1) is 0 Å². The fourth-order valence-electron chi connectivity index (χ4n) is 3.23. The van der Waals surface area contributed by atoms with Gasteiger partial charge in [-0.05, 0) is 24.9 Å². The number of ether oxygens (including phenoxy) is 1. The van der Waals surface area contributed by atoms with E-state index >= 15 is 0 Å². The van der Waals surface area contributed by atoms with Gasteiger partial charge in [-0.25, -0.2) is 9.97 Å². The molecule has 0 saturated carbocycles. The van der Waals surface area contributed by atoms with Crippen LogP contribution in [0.2, 0.25) is 0 Å². The van der Waals surface area contributed by atoms with Gasteiger partial charge in [0.05, 0.1) is 18.8 Å². The lowest BCUT2D eigenvalue weighted by Crippen LogP contribution is -2.31. The first kappa shape index (κ1) is 18.2. The van der Waals surface area contributed by atoms with Crippen LogP contribution in [0.25, 0.3) is 0 Å². The standard InChI is InChI=1S/C18H25N5O3/c1-12-19-14(11-16(20-12)22(2)3)15-6-5-9-23(15)18(24)8-7-13-10-17(25-4)21-26-13/h10-11,15H,5-9H2,1-4H3. The van der Waals surface area contributed by atoms with Crippen LogP contribution in [0.5, 0.6) is 5.88 Å². The molecule has 3 rings (SSSR count). The van der Waals surface area contributed by atoms with E-state index in [1.165, 1.54) is 7.11 Å². The van der Waals surface area contributed by atoms with Gasteiger partial charge in [0.15, 0.2) is 0 Å². The lowest BCUT2D eigenvalue weighted by atomic mass is 10.1. The maximum Gasteiger partial charge on any atom is 0.254 e. The van der Waals surface area contributed by atoms with Crippen LogP contribution in [0, 0.1) is 6.92 Å². The molecule has 3 heterocycles. The van der Waals surface area contributed by atoms with Crippen LogP contribution in [0.15, 0.2) is 16.7 Å². The summed E-state index contributed by atoms with van der Waals surface area (Å²) in [5, 5.41) is 3.76. The first-order chi connectivity index (χ1) is 12.5. The van der Waals surface area contributed by atoms with Gasteiger partial charge in [0, 0.05) is 45.6 Å². The van der Waals surface area contributed by atoms with E-state index < -0.39 is 0 Å². The first-order valence-electron chi connectivity index (χ1n) is 8.80. The van der Waals surface area contributed by atoms with Gasteiger partial charge < -0.3 is 19.1 Å². The van der Waals surface area contributed by atoms with Crippen molar-refractivity contribution in [3.05, 3.63) is 29.4 Å². The summed E-state index contributed by atoms with van der Waals surface area (Å²) in [5.74, 6) is 2.77. The van der Waals surface area contributed by atoms with Crippen molar-refractivity contribution in [1.29, 1.82) is 0 Å². The summed E-state index contributed by atoms with van der Waals surface area (Å²) < 4.78 is 10.2. The summed E-state index contributed by atoms with van der Waals surface area (Å²) in [7, 11) is 5.44. The van der Waals surface area contributed by atoms with Crippen molar-refractivity contribution in [3.8, 4) is 5.88 Å². The molecule has 8 heteroatoms. The maximum absolute atomic E-state index is 12.8. The van der Waals surface area contributed by atoms with E-state index in [4.69, 9.17) is 9.26 Å². The number of nitrogens with zero attached hydrogens (tertiary/aromatic N) is 5. The lowest BCUT2D eigenvalue weighted by molar-refractivity contribution is -0.132. The fourth-order valence-corrected chi connectivity index (χ4v) is 3.23. The predicted molar refractivity (Wildman–Crippen MR) is 96.2 cm³/mol. The zero-order valence-electron chi connectivity index (χ0n) is 15.7. The SMILES string of the molecule is COc1cc(CCC(=O)N2CCCC2c2cc(N(C)C)nc(C)n2)on1. The molecule has 0 N–H and O–H groups in total. The molecule has 1 aliphatic heterocycles. The Morgan fingerprint density at radius 2 is 2.19 bits per heavy atom. The average molecular weight is 359 g/mol. The molecule has 2 aromatic rings. The van der Waals surface area contributed by atoms with Crippen molar-refractivity contribution in [2.45, 2.75) is 38.6 Å². The smallest absolute Gasteiger partial charge is 0.254 e. The monoisotopic (exact) mass is 359 g/mol. The second-order valence-electron chi connectivity index (χ2n) is 6.67. The van der Waals surface area contributed by atoms with E-state index in [0.29, 0.717) is 24.5 Å². The molecule has 8 nitrogen and oxygen atoms in total. The van der Waals surface area contributed by atoms with E-state index in [1.807, 2.05) is 36.9 Å². The van der Waals surface area contributed by atoms with Gasteiger partial charge in [0.2, 0.25) is 5.91 Å². The van der Waals surface area contributed by atoms with Crippen molar-refractivity contribution in [2.75, 3.05) is 32.6 Å². The van der Waals surface area contributed by atoms with E-state index in [-0.39, 0.29) is 11.9 Å². The zero-order valence-corrected chi connectivity index (χ0v) is 15.7. The molecule has 26 heavy (non-hydrogen) atoms. The van der Waals surface area contributed by atoms with Crippen LogP contribution in [0.3, 0.4) is 0 Å². The minimum Gasteiger partial charge on any atom is -0.479 e. The number of likely N-dealkylation sites (tertiary alicyclic amines) is 1. The molecule has 2 aromatic heterocycles. The third-order valence-electron chi connectivity index (χ3n) is 4.55. The number of carbonyl (C=O) groups is 1. The Hall–Kier alpha value is -2.64. The normalized spacial score (nSPS) is 16.8. The highest BCUT2D eigenvalue weighted by atomic mass is 16.5. The van der Waals surface area contributed by atoms with Crippen LogP contribution in [0.4, 0.5) is 5.82 Å². The zero-order chi connectivity index (χ0) is 18.7. The van der Waals surface area contributed by atoms with Crippen molar-refractivity contribution in [1.82, 2.24) is 20.0 Å². The lowest BCUT2D eigenvalue weighted by Gasteiger charge is -2.25. The van der Waals surface area contributed by atoms with Gasteiger partial charge >= 0.3 is 0 Å². The van der Waals surface area contributed by atoms with Crippen molar-refractivity contribution >= 4 is 11.7 Å². The number of amides is 1. The Morgan fingerprint density at radius 1 is 1.38 bits per heavy atom. The summed E-state index contributed by atoms with van der Waals surface area (Å²) in [6.07, 6.45) is 2.78. The Bertz CT molecular complexity index is 774. The number of aryl methyl sites for hydroxylation is 2. The third kappa shape index (κ3) is 3.95. The molecule has 1 amide bonds. The summed E-state index contributed by atoms with van der Waals surface area (Å²) in [6, 6.07) is 3.70. The topological polar surface area (TPSA) is 84.6 Å². The minimum absolute atomic E-state index is 0.00663. The van der Waals surface area contributed by atoms with Gasteiger partial charge in [-0.1, -0.05) is 0 Å². The maximum atomic E-state index is 12.8. The molecule has 0 aromatic carbocycles. The third-order valence-corrected chi connectivity index (χ3v) is 4.55. The van der Waals surface area contributed by atoms with E-state index in [1.54, 1.807) is 6.07 Å². The number of carbonyl (C=O) groups excluding carboxylic acids is 1. The largest absolute Gasteiger partial charge is 0.479 e. The summed E-state index contributed by atoms with van der Waals surface area (Å²) in [6.45, 7) is 2.64. The van der Waals surface area contributed by atoms with Gasteiger partial charge in [-0.3, -0.25) is 4.79 Å². The Kier molecular flexibility index (Phi) is 5.39. The summed E-state index contributed by atoms with van der Waals surface area (Å²) >= 11 is 0. The second kappa shape index (κ2) is 7.72. The fraction of sp³-hybridized carbons (Fsp3) is 0.556. The molecular weight excluding hydrogens is 334 g/mol. The highest BCUT2D eigenvalue weighted by Crippen LogP contribution is 2.32. The quantitative estimate of drug-likeness (QED) is 0.781. The van der Waals surface area contributed by atoms with Gasteiger partial charge in [0.25, 0.3) is 5.88 Å². The van der Waals surface area contributed by atoms with Crippen LogP contribution in [0.1, 0.15) is 42.6 Å². The average Bonchev–Trinajstić information content (AvgIpc) is 3.28. The van der Waals surface area contributed by atoms with Crippen LogP contribution < -0.4 is 9.64 Å². The molecular formula is C18H25N5O3. The number of hydrogen-bond acceptors (Lipinski definition) is 7. The Morgan fingerprint density at radius 3 is 2.88 bits per heavy atom. The molecule has 0 bridgehead atoms. The van der Waals surface area contributed by atoms with E-state index in [9.17, 15) is 4.79 Å². The Balaban J connectivity index is 1.70. The highest BCUT2D eigenvalue weighted by molar-refractivity contribution is 5.77. The highest BCUT2D eigenvalue weighted by Gasteiger charge is 2.31. The summed E-state index contributed by atoms with van der Waals surface area (Å²) in [5.41, 5.74) is 0.911. The second-order valence-corrected chi connectivity index (χ2v) is 6.67. The predicted octanol–water partition coefficient (Wildman–Crippen LogP) is 2.14. The molecule has 1 saturated heterocycles. The number of anilines is 1. The molecule has 1 atom stereocenters. The molecule has 1 unspecified atom stereocenters. The number of methoxy groups -OCH3 is 1. The number of rotatable bonds is 6. The van der Waals surface area contributed by atoms with E-state index in [2.05, 4.69) is 15.1 Å².